The molecule has 7 rings (SSSR count). The Morgan fingerprint density at radius 1 is 1.07 bits per heavy atom. The van der Waals surface area contributed by atoms with Crippen molar-refractivity contribution in [1.29, 1.82) is 0 Å². The second-order valence-electron chi connectivity index (χ2n) is 12.8. The second kappa shape index (κ2) is 12.1. The van der Waals surface area contributed by atoms with Gasteiger partial charge in [0.25, 0.3) is 5.91 Å². The van der Waals surface area contributed by atoms with Crippen LogP contribution in [0.2, 0.25) is 0 Å². The molecule has 2 fully saturated rings. The van der Waals surface area contributed by atoms with Gasteiger partial charge in [0.2, 0.25) is 0 Å². The summed E-state index contributed by atoms with van der Waals surface area (Å²) < 4.78 is 26.8. The minimum absolute atomic E-state index is 0.102. The summed E-state index contributed by atoms with van der Waals surface area (Å²) in [5, 5.41) is 2.80. The lowest BCUT2D eigenvalue weighted by atomic mass is 9.61. The number of rotatable bonds is 9. The summed E-state index contributed by atoms with van der Waals surface area (Å²) >= 11 is 0. The Kier molecular flexibility index (Phi) is 7.83. The molecule has 4 heterocycles. The number of fused-ring (bicyclic) bond motifs is 1. The monoisotopic (exact) mass is 608 g/mol. The predicted octanol–water partition coefficient (Wildman–Crippen LogP) is 5.55. The summed E-state index contributed by atoms with van der Waals surface area (Å²) in [5.74, 6) is 1.37. The van der Waals surface area contributed by atoms with Gasteiger partial charge in [-0.2, -0.15) is 0 Å². The molecule has 1 spiro atoms. The highest BCUT2D eigenvalue weighted by Gasteiger charge is 2.54. The maximum absolute atomic E-state index is 14.1. The van der Waals surface area contributed by atoms with Crippen LogP contribution in [0.5, 0.6) is 17.2 Å². The number of hydrogen-bond donors (Lipinski definition) is 1. The van der Waals surface area contributed by atoms with Crippen molar-refractivity contribution in [3.63, 3.8) is 0 Å². The molecule has 1 saturated heterocycles. The molecule has 10 heteroatoms. The average molecular weight is 609 g/mol. The van der Waals surface area contributed by atoms with E-state index in [9.17, 15) is 9.18 Å². The molecule has 2 aromatic heterocycles. The van der Waals surface area contributed by atoms with Crippen molar-refractivity contribution in [3.8, 4) is 17.2 Å². The van der Waals surface area contributed by atoms with Crippen molar-refractivity contribution < 1.29 is 18.7 Å². The van der Waals surface area contributed by atoms with E-state index in [1.807, 2.05) is 26.1 Å². The van der Waals surface area contributed by atoms with E-state index in [4.69, 9.17) is 9.47 Å². The van der Waals surface area contributed by atoms with Crippen LogP contribution in [-0.4, -0.2) is 57.5 Å². The molecule has 0 radical (unpaired) electrons. The Labute approximate surface area is 262 Å². The van der Waals surface area contributed by atoms with Crippen molar-refractivity contribution in [2.45, 2.75) is 58.3 Å². The molecule has 1 aliphatic carbocycles. The summed E-state index contributed by atoms with van der Waals surface area (Å²) in [6, 6.07) is 16.4. The first-order valence-corrected chi connectivity index (χ1v) is 15.6. The normalized spacial score (nSPS) is 17.4. The van der Waals surface area contributed by atoms with Gasteiger partial charge in [0.15, 0.2) is 11.6 Å². The number of amides is 1. The zero-order valence-corrected chi connectivity index (χ0v) is 25.6. The van der Waals surface area contributed by atoms with Crippen molar-refractivity contribution >= 4 is 11.7 Å². The standard InChI is InChI=1S/C35H37FN6O3/c1-23(2)40-34(43)27-14-25(36)8-9-30(27)45-32-17-37-22-39-33(32)42-20-35(21-42)15-26(16-35)44-31-10-12-38-29-11-13-41(19-28(29)31)18-24-6-4-3-5-7-24/h3-10,12,14,17,22-23,26H,11,13,15-16,18-21H2,1-2H3,(H,40,43). The Balaban J connectivity index is 0.980. The van der Waals surface area contributed by atoms with Crippen LogP contribution in [0, 0.1) is 11.2 Å². The molecule has 1 amide bonds. The highest BCUT2D eigenvalue weighted by molar-refractivity contribution is 5.97. The highest BCUT2D eigenvalue weighted by atomic mass is 19.1. The number of nitrogens with zero attached hydrogens (tertiary/aromatic N) is 5. The number of benzene rings is 2. The number of aromatic nitrogens is 3. The molecule has 2 aromatic carbocycles. The summed E-state index contributed by atoms with van der Waals surface area (Å²) in [7, 11) is 0. The van der Waals surface area contributed by atoms with E-state index in [1.54, 1.807) is 6.20 Å². The summed E-state index contributed by atoms with van der Waals surface area (Å²) in [5.41, 5.74) is 3.95. The molecular weight excluding hydrogens is 571 g/mol. The quantitative estimate of drug-likeness (QED) is 0.265. The van der Waals surface area contributed by atoms with E-state index < -0.39 is 11.7 Å². The lowest BCUT2D eigenvalue weighted by Gasteiger charge is -2.59. The largest absolute Gasteiger partial charge is 0.490 e. The van der Waals surface area contributed by atoms with E-state index in [2.05, 4.69) is 60.4 Å². The molecule has 4 aromatic rings. The molecule has 2 aliphatic heterocycles. The number of hydrogen-bond acceptors (Lipinski definition) is 8. The fraction of sp³-hybridized carbons (Fsp3) is 0.371. The minimum Gasteiger partial charge on any atom is -0.490 e. The van der Waals surface area contributed by atoms with Gasteiger partial charge in [-0.3, -0.25) is 14.7 Å². The molecule has 1 N–H and O–H groups in total. The fourth-order valence-electron chi connectivity index (χ4n) is 6.74. The predicted molar refractivity (Wildman–Crippen MR) is 168 cm³/mol. The van der Waals surface area contributed by atoms with Crippen LogP contribution in [0.1, 0.15) is 53.9 Å². The maximum Gasteiger partial charge on any atom is 0.255 e. The smallest absolute Gasteiger partial charge is 0.255 e. The SMILES string of the molecule is CC(C)NC(=O)c1cc(F)ccc1Oc1cncnc1N1CC2(CC(Oc3ccnc4c3CN(Cc3ccccc3)CC4)C2)C1. The van der Waals surface area contributed by atoms with Gasteiger partial charge >= 0.3 is 0 Å². The summed E-state index contributed by atoms with van der Waals surface area (Å²) in [6.07, 6.45) is 7.96. The topological polar surface area (TPSA) is 92.7 Å². The van der Waals surface area contributed by atoms with Gasteiger partial charge in [0.05, 0.1) is 11.8 Å². The van der Waals surface area contributed by atoms with Crippen LogP contribution in [0.15, 0.2) is 73.3 Å². The zero-order chi connectivity index (χ0) is 31.0. The zero-order valence-electron chi connectivity index (χ0n) is 25.6. The molecule has 0 bridgehead atoms. The minimum atomic E-state index is -0.510. The molecule has 0 unspecified atom stereocenters. The Morgan fingerprint density at radius 3 is 2.69 bits per heavy atom. The molecule has 9 nitrogen and oxygen atoms in total. The van der Waals surface area contributed by atoms with Crippen LogP contribution in [0.4, 0.5) is 10.2 Å². The van der Waals surface area contributed by atoms with Crippen molar-refractivity contribution in [3.05, 3.63) is 102 Å². The average Bonchev–Trinajstić information content (AvgIpc) is 2.99. The molecule has 232 valence electrons. The number of nitrogens with one attached hydrogen (secondary N) is 1. The van der Waals surface area contributed by atoms with Crippen LogP contribution < -0.4 is 19.7 Å². The van der Waals surface area contributed by atoms with E-state index in [1.165, 1.54) is 35.7 Å². The second-order valence-corrected chi connectivity index (χ2v) is 12.8. The third kappa shape index (κ3) is 6.20. The van der Waals surface area contributed by atoms with Gasteiger partial charge in [-0.05, 0) is 56.5 Å². The first kappa shape index (κ1) is 29.2. The van der Waals surface area contributed by atoms with E-state index >= 15 is 0 Å². The first-order chi connectivity index (χ1) is 21.8. The van der Waals surface area contributed by atoms with Gasteiger partial charge in [-0.25, -0.2) is 14.4 Å². The maximum atomic E-state index is 14.1. The van der Waals surface area contributed by atoms with Gasteiger partial charge in [-0.1, -0.05) is 30.3 Å². The van der Waals surface area contributed by atoms with Crippen LogP contribution in [-0.2, 0) is 19.5 Å². The third-order valence-corrected chi connectivity index (χ3v) is 8.85. The van der Waals surface area contributed by atoms with Crippen molar-refractivity contribution in [2.24, 2.45) is 5.41 Å². The Morgan fingerprint density at radius 2 is 1.89 bits per heavy atom. The molecule has 45 heavy (non-hydrogen) atoms. The van der Waals surface area contributed by atoms with Gasteiger partial charge < -0.3 is 19.7 Å². The molecule has 3 aliphatic rings. The highest BCUT2D eigenvalue weighted by Crippen LogP contribution is 2.52. The van der Waals surface area contributed by atoms with Crippen LogP contribution >= 0.6 is 0 Å². The van der Waals surface area contributed by atoms with Crippen LogP contribution in [0.3, 0.4) is 0 Å². The van der Waals surface area contributed by atoms with E-state index in [-0.39, 0.29) is 28.9 Å². The fourth-order valence-corrected chi connectivity index (χ4v) is 6.74. The summed E-state index contributed by atoms with van der Waals surface area (Å²) in [6.45, 7) is 8.09. The Hall–Kier alpha value is -4.57. The van der Waals surface area contributed by atoms with Crippen molar-refractivity contribution in [2.75, 3.05) is 24.5 Å². The van der Waals surface area contributed by atoms with Gasteiger partial charge in [0.1, 0.15) is 29.7 Å². The Bertz CT molecular complexity index is 1690. The summed E-state index contributed by atoms with van der Waals surface area (Å²) in [4.78, 5) is 30.7. The lowest BCUT2D eigenvalue weighted by Crippen LogP contribution is -2.65. The number of pyridine rings is 1. The van der Waals surface area contributed by atoms with Gasteiger partial charge in [-0.15, -0.1) is 0 Å². The molecule has 1 saturated carbocycles. The molecular formula is C35H37FN6O3. The number of anilines is 1. The van der Waals surface area contributed by atoms with E-state index in [0.29, 0.717) is 11.6 Å². The van der Waals surface area contributed by atoms with Gasteiger partial charge in [0, 0.05) is 68.1 Å². The van der Waals surface area contributed by atoms with Crippen molar-refractivity contribution in [1.82, 2.24) is 25.2 Å². The molecule has 0 atom stereocenters. The van der Waals surface area contributed by atoms with E-state index in [0.717, 1.165) is 63.4 Å². The number of halogens is 1. The number of carbonyl (C=O) groups is 1. The number of carbonyl (C=O) groups excluding carboxylic acids is 1. The number of ether oxygens (including phenoxy) is 2. The third-order valence-electron chi connectivity index (χ3n) is 8.85. The lowest BCUT2D eigenvalue weighted by molar-refractivity contribution is -0.0353. The van der Waals surface area contributed by atoms with Crippen LogP contribution in [0.25, 0.3) is 0 Å². The first-order valence-electron chi connectivity index (χ1n) is 15.6.